The second-order valence-corrected chi connectivity index (χ2v) is 7.53. The molecule has 3 aromatic rings. The molecule has 2 fully saturated rings. The van der Waals surface area contributed by atoms with E-state index in [0.29, 0.717) is 30.5 Å². The maximum absolute atomic E-state index is 12.4. The number of carbonyl (C=O) groups excluding carboxylic acids is 1. The summed E-state index contributed by atoms with van der Waals surface area (Å²) in [6, 6.07) is 8.24. The predicted molar refractivity (Wildman–Crippen MR) is 112 cm³/mol. The lowest BCUT2D eigenvalue weighted by Crippen LogP contribution is -2.26. The minimum atomic E-state index is 0.178. The minimum absolute atomic E-state index is 0.178. The lowest BCUT2D eigenvalue weighted by molar-refractivity contribution is -0.117. The van der Waals surface area contributed by atoms with Gasteiger partial charge in [0.1, 0.15) is 23.8 Å². The SMILES string of the molecule is C=CNc1cc(NCc2cc3cc(C4CC4)cc(N4CCCC4=O)n3n2)ncn1. The van der Waals surface area contributed by atoms with E-state index in [1.807, 2.05) is 15.5 Å². The Morgan fingerprint density at radius 3 is 2.79 bits per heavy atom. The van der Waals surface area contributed by atoms with Crippen LogP contribution in [0, 0.1) is 0 Å². The van der Waals surface area contributed by atoms with E-state index in [1.165, 1.54) is 24.7 Å². The molecule has 5 rings (SSSR count). The summed E-state index contributed by atoms with van der Waals surface area (Å²) < 4.78 is 1.90. The van der Waals surface area contributed by atoms with Gasteiger partial charge in [0.05, 0.1) is 17.8 Å². The van der Waals surface area contributed by atoms with Gasteiger partial charge in [-0.2, -0.15) is 5.10 Å². The molecule has 1 saturated carbocycles. The lowest BCUT2D eigenvalue weighted by atomic mass is 10.1. The van der Waals surface area contributed by atoms with Gasteiger partial charge in [0.2, 0.25) is 5.91 Å². The molecule has 0 radical (unpaired) electrons. The Morgan fingerprint density at radius 1 is 1.17 bits per heavy atom. The zero-order valence-electron chi connectivity index (χ0n) is 16.1. The van der Waals surface area contributed by atoms with Gasteiger partial charge in [0.15, 0.2) is 0 Å². The second kappa shape index (κ2) is 7.20. The highest BCUT2D eigenvalue weighted by atomic mass is 16.2. The fourth-order valence-electron chi connectivity index (χ4n) is 3.80. The number of anilines is 3. The van der Waals surface area contributed by atoms with Crippen LogP contribution >= 0.6 is 0 Å². The maximum atomic E-state index is 12.4. The van der Waals surface area contributed by atoms with Crippen LogP contribution in [0.3, 0.4) is 0 Å². The Morgan fingerprint density at radius 2 is 2.03 bits per heavy atom. The van der Waals surface area contributed by atoms with E-state index in [-0.39, 0.29) is 5.91 Å². The molecule has 0 aromatic carbocycles. The Kier molecular flexibility index (Phi) is 4.38. The van der Waals surface area contributed by atoms with Crippen molar-refractivity contribution in [2.75, 3.05) is 22.1 Å². The Balaban J connectivity index is 1.44. The van der Waals surface area contributed by atoms with Gasteiger partial charge in [0, 0.05) is 19.0 Å². The maximum Gasteiger partial charge on any atom is 0.228 e. The third-order valence-corrected chi connectivity index (χ3v) is 5.38. The van der Waals surface area contributed by atoms with Gasteiger partial charge in [0.25, 0.3) is 0 Å². The van der Waals surface area contributed by atoms with E-state index in [2.05, 4.69) is 45.4 Å². The molecule has 148 valence electrons. The number of rotatable bonds is 7. The lowest BCUT2D eigenvalue weighted by Gasteiger charge is -2.18. The molecule has 8 nitrogen and oxygen atoms in total. The quantitative estimate of drug-likeness (QED) is 0.645. The first-order valence-electron chi connectivity index (χ1n) is 9.97. The van der Waals surface area contributed by atoms with E-state index in [1.54, 1.807) is 6.20 Å². The standard InChI is InChI=1S/C21H23N7O/c1-2-22-18-11-19(25-13-24-18)23-12-16-10-17-8-15(14-5-6-14)9-20(28(17)26-16)27-7-3-4-21(27)29/h2,8-11,13-14H,1,3-7,12H2,(H2,22,23,24,25). The van der Waals surface area contributed by atoms with Crippen LogP contribution in [-0.2, 0) is 11.3 Å². The fourth-order valence-corrected chi connectivity index (χ4v) is 3.80. The molecular weight excluding hydrogens is 366 g/mol. The van der Waals surface area contributed by atoms with E-state index < -0.39 is 0 Å². The topological polar surface area (TPSA) is 87.5 Å². The number of carbonyl (C=O) groups is 1. The monoisotopic (exact) mass is 389 g/mol. The molecule has 0 bridgehead atoms. The molecule has 4 heterocycles. The van der Waals surface area contributed by atoms with Crippen LogP contribution < -0.4 is 15.5 Å². The number of pyridine rings is 1. The van der Waals surface area contributed by atoms with Crippen LogP contribution in [0.5, 0.6) is 0 Å². The van der Waals surface area contributed by atoms with Gasteiger partial charge in [-0.1, -0.05) is 6.58 Å². The van der Waals surface area contributed by atoms with Gasteiger partial charge in [-0.05, 0) is 55.1 Å². The molecule has 3 aromatic heterocycles. The molecule has 2 aliphatic rings. The molecule has 1 aliphatic heterocycles. The Bertz CT molecular complexity index is 1090. The van der Waals surface area contributed by atoms with Gasteiger partial charge in [-0.15, -0.1) is 0 Å². The summed E-state index contributed by atoms with van der Waals surface area (Å²) in [5.74, 6) is 3.06. The highest BCUT2D eigenvalue weighted by Crippen LogP contribution is 2.42. The van der Waals surface area contributed by atoms with Gasteiger partial charge >= 0.3 is 0 Å². The number of hydrogen-bond acceptors (Lipinski definition) is 6. The van der Waals surface area contributed by atoms with Gasteiger partial charge in [-0.3, -0.25) is 9.69 Å². The van der Waals surface area contributed by atoms with Crippen molar-refractivity contribution >= 4 is 28.9 Å². The average Bonchev–Trinajstić information content (AvgIpc) is 3.36. The van der Waals surface area contributed by atoms with Crippen LogP contribution in [0.25, 0.3) is 5.52 Å². The van der Waals surface area contributed by atoms with Crippen molar-refractivity contribution in [3.8, 4) is 0 Å². The smallest absolute Gasteiger partial charge is 0.228 e. The van der Waals surface area contributed by atoms with Crippen molar-refractivity contribution in [1.29, 1.82) is 0 Å². The first-order valence-corrected chi connectivity index (χ1v) is 9.97. The normalized spacial score (nSPS) is 16.4. The molecule has 1 aliphatic carbocycles. The Hall–Kier alpha value is -3.42. The van der Waals surface area contributed by atoms with E-state index >= 15 is 0 Å². The second-order valence-electron chi connectivity index (χ2n) is 7.53. The van der Waals surface area contributed by atoms with E-state index in [9.17, 15) is 4.79 Å². The molecule has 1 saturated heterocycles. The number of aromatic nitrogens is 4. The molecular formula is C21H23N7O. The molecule has 8 heteroatoms. The van der Waals surface area contributed by atoms with Gasteiger partial charge < -0.3 is 10.6 Å². The summed E-state index contributed by atoms with van der Waals surface area (Å²) >= 11 is 0. The molecule has 0 unspecified atom stereocenters. The van der Waals surface area contributed by atoms with Gasteiger partial charge in [-0.25, -0.2) is 14.5 Å². The van der Waals surface area contributed by atoms with Crippen LogP contribution in [0.1, 0.15) is 42.9 Å². The summed E-state index contributed by atoms with van der Waals surface area (Å²) in [5, 5.41) is 11.0. The summed E-state index contributed by atoms with van der Waals surface area (Å²) in [6.45, 7) is 4.93. The number of nitrogens with one attached hydrogen (secondary N) is 2. The molecule has 0 atom stereocenters. The van der Waals surface area contributed by atoms with Crippen molar-refractivity contribution in [2.45, 2.75) is 38.1 Å². The zero-order valence-corrected chi connectivity index (χ0v) is 16.1. The van der Waals surface area contributed by atoms with Crippen LogP contribution in [0.4, 0.5) is 17.5 Å². The largest absolute Gasteiger partial charge is 0.364 e. The third-order valence-electron chi connectivity index (χ3n) is 5.38. The first-order chi connectivity index (χ1) is 14.2. The highest BCUT2D eigenvalue weighted by Gasteiger charge is 2.29. The number of hydrogen-bond donors (Lipinski definition) is 2. The van der Waals surface area contributed by atoms with Crippen molar-refractivity contribution in [1.82, 2.24) is 19.6 Å². The molecule has 1 amide bonds. The van der Waals surface area contributed by atoms with Crippen molar-refractivity contribution in [3.05, 3.63) is 54.6 Å². The zero-order chi connectivity index (χ0) is 19.8. The number of fused-ring (bicyclic) bond motifs is 1. The van der Waals surface area contributed by atoms with Crippen molar-refractivity contribution in [2.24, 2.45) is 0 Å². The summed E-state index contributed by atoms with van der Waals surface area (Å²) in [6.07, 6.45) is 7.03. The van der Waals surface area contributed by atoms with Crippen LogP contribution in [0.15, 0.2) is 43.4 Å². The minimum Gasteiger partial charge on any atom is -0.364 e. The Labute approximate surface area is 168 Å². The number of amides is 1. The highest BCUT2D eigenvalue weighted by molar-refractivity contribution is 5.95. The predicted octanol–water partition coefficient (Wildman–Crippen LogP) is 3.30. The summed E-state index contributed by atoms with van der Waals surface area (Å²) in [4.78, 5) is 22.6. The fraction of sp³-hybridized carbons (Fsp3) is 0.333. The van der Waals surface area contributed by atoms with Crippen molar-refractivity contribution in [3.63, 3.8) is 0 Å². The summed E-state index contributed by atoms with van der Waals surface area (Å²) in [7, 11) is 0. The van der Waals surface area contributed by atoms with Crippen LogP contribution in [0.2, 0.25) is 0 Å². The van der Waals surface area contributed by atoms with Crippen molar-refractivity contribution < 1.29 is 4.79 Å². The van der Waals surface area contributed by atoms with Crippen LogP contribution in [-0.4, -0.2) is 32.0 Å². The third kappa shape index (κ3) is 3.53. The average molecular weight is 389 g/mol. The van der Waals surface area contributed by atoms with E-state index in [0.717, 1.165) is 30.0 Å². The first kappa shape index (κ1) is 17.7. The molecule has 0 spiro atoms. The van der Waals surface area contributed by atoms with E-state index in [4.69, 9.17) is 5.10 Å². The summed E-state index contributed by atoms with van der Waals surface area (Å²) in [5.41, 5.74) is 3.22. The number of nitrogens with zero attached hydrogens (tertiary/aromatic N) is 5. The molecule has 29 heavy (non-hydrogen) atoms. The molecule has 2 N–H and O–H groups in total.